The molecule has 1 aliphatic rings. The van der Waals surface area contributed by atoms with Crippen LogP contribution < -0.4 is 21.7 Å². The molecule has 0 bridgehead atoms. The minimum Gasteiger partial charge on any atom is -0.480 e. The Kier molecular flexibility index (Phi) is 21.3. The largest absolute Gasteiger partial charge is 0.480 e. The van der Waals surface area contributed by atoms with Crippen molar-refractivity contribution in [2.45, 2.75) is 87.7 Å². The van der Waals surface area contributed by atoms with Crippen molar-refractivity contribution in [3.8, 4) is 0 Å². The maximum atomic E-state index is 12.5. The Labute approximate surface area is 348 Å². The summed E-state index contributed by atoms with van der Waals surface area (Å²) in [4.78, 5) is 75.0. The fourth-order valence-corrected chi connectivity index (χ4v) is 7.43. The minimum absolute atomic E-state index is 0.0268. The van der Waals surface area contributed by atoms with Gasteiger partial charge in [-0.2, -0.15) is 0 Å². The molecule has 318 valence electrons. The van der Waals surface area contributed by atoms with Crippen molar-refractivity contribution in [3.63, 3.8) is 0 Å². The van der Waals surface area contributed by atoms with Crippen molar-refractivity contribution < 1.29 is 48.8 Å². The number of anilines is 1. The van der Waals surface area contributed by atoms with Crippen molar-refractivity contribution in [3.05, 3.63) is 59.7 Å². The third-order valence-electron chi connectivity index (χ3n) is 9.57. The van der Waals surface area contributed by atoms with Crippen LogP contribution >= 0.6 is 24.0 Å². The van der Waals surface area contributed by atoms with Gasteiger partial charge in [0.1, 0.15) is 5.78 Å². The molecular formula is C40H56N6O10S2. The summed E-state index contributed by atoms with van der Waals surface area (Å²) in [6, 6.07) is 13.4. The topological polar surface area (TPSA) is 241 Å². The summed E-state index contributed by atoms with van der Waals surface area (Å²) in [7, 11) is 0. The molecule has 18 heteroatoms. The van der Waals surface area contributed by atoms with Crippen LogP contribution in [0.15, 0.2) is 53.4 Å². The van der Waals surface area contributed by atoms with Gasteiger partial charge in [-0.25, -0.2) is 0 Å². The molecule has 0 aliphatic heterocycles. The number of amides is 1. The zero-order valence-corrected chi connectivity index (χ0v) is 34.5. The Morgan fingerprint density at radius 2 is 1.47 bits per heavy atom. The lowest BCUT2D eigenvalue weighted by atomic mass is 9.93. The number of thiocarbonyl (C=S) groups is 1. The number of benzene rings is 2. The Morgan fingerprint density at radius 1 is 0.845 bits per heavy atom. The van der Waals surface area contributed by atoms with E-state index in [-0.39, 0.29) is 61.9 Å². The van der Waals surface area contributed by atoms with E-state index >= 15 is 0 Å². The number of ether oxygens (including phenoxy) is 1. The van der Waals surface area contributed by atoms with Gasteiger partial charge in [-0.1, -0.05) is 55.3 Å². The van der Waals surface area contributed by atoms with Crippen molar-refractivity contribution in [1.82, 2.24) is 20.4 Å². The van der Waals surface area contributed by atoms with Crippen LogP contribution in [0.1, 0.15) is 63.0 Å². The number of nitrogens with one attached hydrogen (secondary N) is 3. The number of carbonyl (C=O) groups excluding carboxylic acids is 3. The molecule has 0 spiro atoms. The van der Waals surface area contributed by atoms with Gasteiger partial charge in [0, 0.05) is 55.1 Å². The van der Waals surface area contributed by atoms with Crippen LogP contribution in [0.5, 0.6) is 0 Å². The van der Waals surface area contributed by atoms with Crippen molar-refractivity contribution in [1.29, 1.82) is 0 Å². The molecule has 0 radical (unpaired) electrons. The van der Waals surface area contributed by atoms with Gasteiger partial charge in [0.05, 0.1) is 38.9 Å². The fourth-order valence-electron chi connectivity index (χ4n) is 6.49. The molecule has 8 N–H and O–H groups in total. The molecule has 1 amide bonds. The molecule has 0 heterocycles. The predicted octanol–water partition coefficient (Wildman–Crippen LogP) is 2.77. The zero-order chi connectivity index (χ0) is 42.5. The number of carboxylic acids is 3. The first-order valence-corrected chi connectivity index (χ1v) is 20.6. The van der Waals surface area contributed by atoms with Gasteiger partial charge in [0.25, 0.3) is 0 Å². The Bertz CT molecular complexity index is 1660. The molecule has 16 nitrogen and oxygen atoms in total. The van der Waals surface area contributed by atoms with Crippen molar-refractivity contribution in [2.24, 2.45) is 5.73 Å². The van der Waals surface area contributed by atoms with Crippen LogP contribution in [0.2, 0.25) is 0 Å². The van der Waals surface area contributed by atoms with E-state index in [1.165, 1.54) is 11.8 Å². The number of rotatable bonds is 26. The molecule has 1 saturated carbocycles. The fraction of sp³-hybridized carbons (Fsp3) is 0.525. The van der Waals surface area contributed by atoms with E-state index in [0.717, 1.165) is 59.9 Å². The van der Waals surface area contributed by atoms with Crippen LogP contribution in [-0.4, -0.2) is 136 Å². The first kappa shape index (κ1) is 47.9. The second-order valence-electron chi connectivity index (χ2n) is 14.2. The van der Waals surface area contributed by atoms with E-state index < -0.39 is 43.1 Å². The summed E-state index contributed by atoms with van der Waals surface area (Å²) < 4.78 is 5.61. The molecule has 58 heavy (non-hydrogen) atoms. The number of nitrogens with two attached hydrogens (primary N) is 1. The number of carbonyl (C=O) groups is 6. The monoisotopic (exact) mass is 844 g/mol. The standard InChI is InChI=1S/C40H56N6O10S2/c1-27(47)34(41)22-43-35(48)16-11-28-9-14-33(15-10-28)58-39(55)17-19-56-20-18-42-40(57)44-30-12-7-29(8-13-30)21-32(46(25-37(51)52)26-38(53)54)23-45(24-36(49)50)31-5-3-2-4-6-31/h7-10,12-15,31-32,34H,2-6,11,16-26,41H2,1H3,(H,43,48)(H,49,50)(H,51,52)(H,53,54)(H2,42,44,57)/t32-,34-/m0/s1. The third-order valence-corrected chi connectivity index (χ3v) is 10.8. The molecule has 0 aromatic heterocycles. The minimum atomic E-state index is -1.17. The highest BCUT2D eigenvalue weighted by Gasteiger charge is 2.30. The van der Waals surface area contributed by atoms with Gasteiger partial charge in [0.2, 0.25) is 5.91 Å². The van der Waals surface area contributed by atoms with E-state index in [2.05, 4.69) is 16.0 Å². The van der Waals surface area contributed by atoms with E-state index in [1.54, 1.807) is 12.1 Å². The predicted molar refractivity (Wildman–Crippen MR) is 224 cm³/mol. The lowest BCUT2D eigenvalue weighted by Crippen LogP contribution is -2.52. The number of carboxylic acid groups (broad SMARTS) is 3. The van der Waals surface area contributed by atoms with Crippen LogP contribution in [0, 0.1) is 0 Å². The number of nitrogens with zero attached hydrogens (tertiary/aromatic N) is 2. The summed E-state index contributed by atoms with van der Waals surface area (Å²) in [6.07, 6.45) is 6.00. The second kappa shape index (κ2) is 25.8. The number of aliphatic carboxylic acids is 3. The van der Waals surface area contributed by atoms with E-state index in [9.17, 15) is 44.1 Å². The number of Topliss-reactive ketones (excluding diaryl/α,β-unsaturated/α-hetero) is 1. The lowest BCUT2D eigenvalue weighted by Gasteiger charge is -2.38. The molecule has 2 atom stereocenters. The first-order valence-electron chi connectivity index (χ1n) is 19.4. The van der Waals surface area contributed by atoms with Crippen molar-refractivity contribution >= 4 is 69.5 Å². The number of thioether (sulfide) groups is 1. The highest BCUT2D eigenvalue weighted by atomic mass is 32.2. The number of ketones is 1. The zero-order valence-electron chi connectivity index (χ0n) is 32.9. The Balaban J connectivity index is 1.40. The molecule has 0 unspecified atom stereocenters. The molecule has 0 saturated heterocycles. The number of hydrogen-bond donors (Lipinski definition) is 7. The van der Waals surface area contributed by atoms with Crippen LogP contribution in [0.3, 0.4) is 0 Å². The smallest absolute Gasteiger partial charge is 0.317 e. The van der Waals surface area contributed by atoms with Crippen LogP contribution in [0.4, 0.5) is 5.69 Å². The van der Waals surface area contributed by atoms with Gasteiger partial charge in [-0.15, -0.1) is 0 Å². The SMILES string of the molecule is CC(=O)[C@@H](N)CNC(=O)CCc1ccc(SC(=O)CCOCCNC(=S)Nc2ccc(C[C@@H](CN(CC(=O)O)C3CCCCC3)N(CC(=O)O)CC(=O)O)cc2)cc1. The third kappa shape index (κ3) is 19.3. The summed E-state index contributed by atoms with van der Waals surface area (Å²) in [5.41, 5.74) is 8.09. The van der Waals surface area contributed by atoms with Crippen LogP contribution in [0.25, 0.3) is 0 Å². The molecule has 2 aromatic rings. The maximum Gasteiger partial charge on any atom is 0.317 e. The summed E-state index contributed by atoms with van der Waals surface area (Å²) >= 11 is 6.53. The van der Waals surface area contributed by atoms with E-state index in [1.807, 2.05) is 41.3 Å². The maximum absolute atomic E-state index is 12.5. The van der Waals surface area contributed by atoms with E-state index in [4.69, 9.17) is 22.7 Å². The highest BCUT2D eigenvalue weighted by molar-refractivity contribution is 8.13. The first-order chi connectivity index (χ1) is 27.7. The molecular weight excluding hydrogens is 789 g/mol. The van der Waals surface area contributed by atoms with Crippen molar-refractivity contribution in [2.75, 3.05) is 57.8 Å². The van der Waals surface area contributed by atoms with Gasteiger partial charge in [-0.3, -0.25) is 38.6 Å². The van der Waals surface area contributed by atoms with Gasteiger partial charge < -0.3 is 41.7 Å². The molecule has 1 aliphatic carbocycles. The summed E-state index contributed by atoms with van der Waals surface area (Å²) in [5.74, 6) is -3.70. The lowest BCUT2D eigenvalue weighted by molar-refractivity contribution is -0.145. The van der Waals surface area contributed by atoms with Gasteiger partial charge in [0.15, 0.2) is 10.2 Å². The number of hydrogen-bond acceptors (Lipinski definition) is 12. The van der Waals surface area contributed by atoms with Gasteiger partial charge in [-0.05, 0) is 80.2 Å². The van der Waals surface area contributed by atoms with Gasteiger partial charge >= 0.3 is 17.9 Å². The Morgan fingerprint density at radius 3 is 2.07 bits per heavy atom. The van der Waals surface area contributed by atoms with Crippen LogP contribution in [-0.2, 0) is 46.3 Å². The highest BCUT2D eigenvalue weighted by Crippen LogP contribution is 2.25. The molecule has 2 aromatic carbocycles. The molecule has 3 rings (SSSR count). The average molecular weight is 845 g/mol. The summed E-state index contributed by atoms with van der Waals surface area (Å²) in [5, 5.41) is 37.9. The quantitative estimate of drug-likeness (QED) is 0.0409. The number of aryl methyl sites for hydroxylation is 1. The average Bonchev–Trinajstić information content (AvgIpc) is 3.17. The Hall–Kier alpha value is -4.46. The summed E-state index contributed by atoms with van der Waals surface area (Å²) in [6.45, 7) is 1.44. The van der Waals surface area contributed by atoms with E-state index in [0.29, 0.717) is 36.8 Å². The molecule has 1 fully saturated rings. The normalized spacial score (nSPS) is 14.1. The second-order valence-corrected chi connectivity index (χ2v) is 15.8.